The van der Waals surface area contributed by atoms with Crippen LogP contribution >= 0.6 is 0 Å². The van der Waals surface area contributed by atoms with Crippen molar-refractivity contribution in [1.82, 2.24) is 9.88 Å². The Morgan fingerprint density at radius 3 is 2.38 bits per heavy atom. The summed E-state index contributed by atoms with van der Waals surface area (Å²) in [5, 5.41) is 12.0. The number of likely N-dealkylation sites (tertiary alicyclic amines) is 1. The molecule has 1 aromatic heterocycles. The molecule has 2 aromatic rings. The molecule has 2 aliphatic rings. The number of carboxylic acids is 1. The molecule has 1 aliphatic heterocycles. The highest BCUT2D eigenvalue weighted by Crippen LogP contribution is 2.41. The van der Waals surface area contributed by atoms with E-state index in [1.807, 2.05) is 38.1 Å². The third-order valence-electron chi connectivity index (χ3n) is 7.91. The van der Waals surface area contributed by atoms with Crippen molar-refractivity contribution < 1.29 is 33.0 Å². The summed E-state index contributed by atoms with van der Waals surface area (Å²) >= 11 is 0. The molecule has 2 N–H and O–H groups in total. The smallest absolute Gasteiger partial charge is 0.388 e. The van der Waals surface area contributed by atoms with Gasteiger partial charge in [0.25, 0.3) is 0 Å². The molecular formula is C29H35F2N3O5. The van der Waals surface area contributed by atoms with Crippen LogP contribution in [-0.2, 0) is 19.8 Å². The molecule has 8 nitrogen and oxygen atoms in total. The van der Waals surface area contributed by atoms with Crippen LogP contribution in [0.15, 0.2) is 36.4 Å². The van der Waals surface area contributed by atoms with Crippen molar-refractivity contribution in [2.45, 2.75) is 70.8 Å². The minimum atomic E-state index is -3.10. The topological polar surface area (TPSA) is 109 Å². The number of nitrogens with one attached hydrogen (secondary N) is 1. The molecule has 2 heterocycles. The van der Waals surface area contributed by atoms with Gasteiger partial charge in [0.1, 0.15) is 11.1 Å². The Balaban J connectivity index is 1.55. The minimum absolute atomic E-state index is 0.0345. The molecule has 0 spiro atoms. The normalized spacial score (nSPS) is 20.4. The number of rotatable bonds is 9. The molecule has 1 saturated heterocycles. The average Bonchev–Trinajstić information content (AvgIpc) is 2.85. The van der Waals surface area contributed by atoms with Gasteiger partial charge >= 0.3 is 12.6 Å². The van der Waals surface area contributed by atoms with E-state index >= 15 is 0 Å². The summed E-state index contributed by atoms with van der Waals surface area (Å²) in [6, 6.07) is 10.7. The summed E-state index contributed by atoms with van der Waals surface area (Å²) in [4.78, 5) is 44.0. The number of halogens is 2. The molecule has 1 aromatic carbocycles. The summed E-state index contributed by atoms with van der Waals surface area (Å²) in [6.07, 6.45) is 2.81. The zero-order valence-corrected chi connectivity index (χ0v) is 22.5. The number of hydrogen-bond donors (Lipinski definition) is 2. The summed E-state index contributed by atoms with van der Waals surface area (Å²) in [5.74, 6) is -1.77. The van der Waals surface area contributed by atoms with Gasteiger partial charge in [-0.05, 0) is 67.7 Å². The fourth-order valence-electron chi connectivity index (χ4n) is 5.69. The van der Waals surface area contributed by atoms with Crippen LogP contribution in [0.1, 0.15) is 68.7 Å². The first-order chi connectivity index (χ1) is 18.5. The maximum absolute atomic E-state index is 13.9. The number of hydrogen-bond acceptors (Lipinski definition) is 5. The highest BCUT2D eigenvalue weighted by Gasteiger charge is 2.53. The lowest BCUT2D eigenvalue weighted by molar-refractivity contribution is -0.145. The zero-order valence-electron chi connectivity index (χ0n) is 22.5. The Labute approximate surface area is 226 Å². The second-order valence-corrected chi connectivity index (χ2v) is 11.0. The number of aliphatic carboxylic acids is 1. The Bertz CT molecular complexity index is 1220. The van der Waals surface area contributed by atoms with E-state index in [0.717, 1.165) is 11.1 Å². The first-order valence-corrected chi connectivity index (χ1v) is 13.3. The van der Waals surface area contributed by atoms with Crippen LogP contribution < -0.4 is 10.1 Å². The SMILES string of the molecule is Cc1ccc(NC(=O)C2(c3ccccc3C(C)C)CN(C(=O)CC3CCC(C(=O)O)CC3)C2)c(OC(F)F)n1. The Hall–Kier alpha value is -3.56. The van der Waals surface area contributed by atoms with Gasteiger partial charge in [-0.1, -0.05) is 38.1 Å². The van der Waals surface area contributed by atoms with E-state index in [4.69, 9.17) is 0 Å². The number of carbonyl (C=O) groups is 3. The van der Waals surface area contributed by atoms with Gasteiger partial charge in [0.2, 0.25) is 17.7 Å². The van der Waals surface area contributed by atoms with Crippen LogP contribution in [-0.4, -0.2) is 52.5 Å². The second-order valence-electron chi connectivity index (χ2n) is 11.0. The van der Waals surface area contributed by atoms with Crippen LogP contribution in [0.4, 0.5) is 14.5 Å². The predicted octanol–water partition coefficient (Wildman–Crippen LogP) is 5.11. The van der Waals surface area contributed by atoms with Gasteiger partial charge < -0.3 is 20.1 Å². The molecule has 210 valence electrons. The van der Waals surface area contributed by atoms with E-state index < -0.39 is 23.9 Å². The lowest BCUT2D eigenvalue weighted by Crippen LogP contribution is -2.66. The Kier molecular flexibility index (Phi) is 8.51. The first-order valence-electron chi connectivity index (χ1n) is 13.3. The summed E-state index contributed by atoms with van der Waals surface area (Å²) in [6.45, 7) is 2.88. The molecule has 2 fully saturated rings. The van der Waals surface area contributed by atoms with Crippen molar-refractivity contribution in [3.05, 3.63) is 53.2 Å². The van der Waals surface area contributed by atoms with Gasteiger partial charge in [0, 0.05) is 25.2 Å². The van der Waals surface area contributed by atoms with Crippen molar-refractivity contribution in [1.29, 1.82) is 0 Å². The molecule has 0 atom stereocenters. The van der Waals surface area contributed by atoms with Gasteiger partial charge in [-0.15, -0.1) is 0 Å². The monoisotopic (exact) mass is 543 g/mol. The number of anilines is 1. The van der Waals surface area contributed by atoms with Crippen molar-refractivity contribution in [2.24, 2.45) is 11.8 Å². The quantitative estimate of drug-likeness (QED) is 0.455. The number of alkyl halides is 2. The van der Waals surface area contributed by atoms with Gasteiger partial charge in [-0.2, -0.15) is 8.78 Å². The van der Waals surface area contributed by atoms with E-state index in [1.165, 1.54) is 6.07 Å². The number of pyridine rings is 1. The largest absolute Gasteiger partial charge is 0.481 e. The fourth-order valence-corrected chi connectivity index (χ4v) is 5.69. The van der Waals surface area contributed by atoms with Crippen LogP contribution in [0.25, 0.3) is 0 Å². The minimum Gasteiger partial charge on any atom is -0.481 e. The van der Waals surface area contributed by atoms with Gasteiger partial charge in [0.15, 0.2) is 0 Å². The number of carbonyl (C=O) groups excluding carboxylic acids is 2. The zero-order chi connectivity index (χ0) is 28.3. The molecule has 2 amide bonds. The maximum atomic E-state index is 13.9. The van der Waals surface area contributed by atoms with Crippen LogP contribution in [0.3, 0.4) is 0 Å². The lowest BCUT2D eigenvalue weighted by atomic mass is 9.69. The highest BCUT2D eigenvalue weighted by atomic mass is 19.3. The van der Waals surface area contributed by atoms with Crippen LogP contribution in [0.2, 0.25) is 0 Å². The van der Waals surface area contributed by atoms with Gasteiger partial charge in [0.05, 0.1) is 5.92 Å². The van der Waals surface area contributed by atoms with E-state index in [0.29, 0.717) is 37.8 Å². The molecule has 1 aliphatic carbocycles. The number of ether oxygens (including phenoxy) is 1. The molecule has 0 radical (unpaired) electrons. The lowest BCUT2D eigenvalue weighted by Gasteiger charge is -2.50. The number of amides is 2. The molecule has 4 rings (SSSR count). The van der Waals surface area contributed by atoms with E-state index in [1.54, 1.807) is 17.9 Å². The first kappa shape index (κ1) is 28.4. The molecule has 0 unspecified atom stereocenters. The van der Waals surface area contributed by atoms with Gasteiger partial charge in [-0.25, -0.2) is 4.98 Å². The summed E-state index contributed by atoms with van der Waals surface area (Å²) < 4.78 is 30.6. The van der Waals surface area contributed by atoms with E-state index in [9.17, 15) is 28.3 Å². The number of aryl methyl sites for hydroxylation is 1. The van der Waals surface area contributed by atoms with Crippen molar-refractivity contribution in [3.8, 4) is 5.88 Å². The number of benzene rings is 1. The van der Waals surface area contributed by atoms with Crippen molar-refractivity contribution >= 4 is 23.5 Å². The molecular weight excluding hydrogens is 508 g/mol. The number of carboxylic acid groups (broad SMARTS) is 1. The standard InChI is InChI=1S/C29H35F2N3O5/c1-17(2)21-6-4-5-7-22(21)29(27(38)33-23-13-8-18(3)32-25(23)39-28(30)31)15-34(16-29)24(35)14-19-9-11-20(12-10-19)26(36)37/h4-8,13,17,19-20,28H,9-12,14-16H2,1-3H3,(H,33,38)(H,36,37). The number of aromatic nitrogens is 1. The van der Waals surface area contributed by atoms with E-state index in [-0.39, 0.29) is 48.3 Å². The predicted molar refractivity (Wildman–Crippen MR) is 141 cm³/mol. The van der Waals surface area contributed by atoms with E-state index in [2.05, 4.69) is 15.0 Å². The van der Waals surface area contributed by atoms with Crippen LogP contribution in [0.5, 0.6) is 5.88 Å². The van der Waals surface area contributed by atoms with Crippen LogP contribution in [0, 0.1) is 18.8 Å². The third kappa shape index (κ3) is 6.20. The second kappa shape index (κ2) is 11.7. The van der Waals surface area contributed by atoms with Crippen molar-refractivity contribution in [3.63, 3.8) is 0 Å². The maximum Gasteiger partial charge on any atom is 0.388 e. The third-order valence-corrected chi connectivity index (χ3v) is 7.91. The van der Waals surface area contributed by atoms with Crippen molar-refractivity contribution in [2.75, 3.05) is 18.4 Å². The summed E-state index contributed by atoms with van der Waals surface area (Å²) in [7, 11) is 0. The Morgan fingerprint density at radius 2 is 1.77 bits per heavy atom. The Morgan fingerprint density at radius 1 is 1.10 bits per heavy atom. The van der Waals surface area contributed by atoms with Gasteiger partial charge in [-0.3, -0.25) is 14.4 Å². The molecule has 1 saturated carbocycles. The highest BCUT2D eigenvalue weighted by molar-refractivity contribution is 6.02. The molecule has 39 heavy (non-hydrogen) atoms. The molecule has 10 heteroatoms. The number of nitrogens with zero attached hydrogens (tertiary/aromatic N) is 2. The molecule has 0 bridgehead atoms. The fraction of sp³-hybridized carbons (Fsp3) is 0.517. The summed E-state index contributed by atoms with van der Waals surface area (Å²) in [5.41, 5.74) is 1.18. The average molecular weight is 544 g/mol.